The molecule has 4 rings (SSSR count). The van der Waals surface area contributed by atoms with Crippen LogP contribution >= 0.6 is 0 Å². The summed E-state index contributed by atoms with van der Waals surface area (Å²) < 4.78 is 130. The average molecular weight is 728 g/mol. The molecule has 1 N–H and O–H groups in total. The molecule has 266 valence electrons. The Bertz CT molecular complexity index is 1760. The van der Waals surface area contributed by atoms with Gasteiger partial charge in [-0.3, -0.25) is 4.79 Å². The van der Waals surface area contributed by atoms with Crippen molar-refractivity contribution in [2.75, 3.05) is 12.0 Å². The van der Waals surface area contributed by atoms with E-state index in [1.807, 2.05) is 13.8 Å². The van der Waals surface area contributed by atoms with Gasteiger partial charge in [0.05, 0.1) is 30.3 Å². The van der Waals surface area contributed by atoms with E-state index >= 15 is 0 Å². The minimum atomic E-state index is -5.15. The van der Waals surface area contributed by atoms with Crippen LogP contribution in [0, 0.1) is 0 Å². The Morgan fingerprint density at radius 2 is 1.46 bits per heavy atom. The Kier molecular flexibility index (Phi) is 13.0. The van der Waals surface area contributed by atoms with E-state index in [0.29, 0.717) is 23.4 Å². The van der Waals surface area contributed by atoms with Gasteiger partial charge in [-0.05, 0) is 82.3 Å². The molecule has 50 heavy (non-hydrogen) atoms. The Morgan fingerprint density at radius 3 is 2.00 bits per heavy atom. The number of nitrogens with zero attached hydrogens (tertiary/aromatic N) is 5. The van der Waals surface area contributed by atoms with Crippen molar-refractivity contribution in [3.63, 3.8) is 0 Å². The molecule has 0 unspecified atom stereocenters. The maximum absolute atomic E-state index is 14.0. The minimum absolute atomic E-state index is 0. The number of anilines is 1. The van der Waals surface area contributed by atoms with E-state index in [0.717, 1.165) is 27.4 Å². The Morgan fingerprint density at radius 1 is 0.840 bits per heavy atom. The van der Waals surface area contributed by atoms with Gasteiger partial charge in [-0.15, -0.1) is 5.10 Å². The molecule has 0 bridgehead atoms. The molecule has 0 aliphatic rings. The van der Waals surface area contributed by atoms with Crippen LogP contribution in [0.4, 0.5) is 45.5 Å². The van der Waals surface area contributed by atoms with Crippen LogP contribution in [0.25, 0.3) is 11.1 Å². The van der Waals surface area contributed by atoms with Crippen molar-refractivity contribution in [3.05, 3.63) is 88.0 Å². The third kappa shape index (κ3) is 10.4. The summed E-state index contributed by atoms with van der Waals surface area (Å²) in [4.78, 5) is 13.0. The number of carboxylic acid groups (broad SMARTS) is 1. The first kappa shape index (κ1) is 40.6. The number of methoxy groups -OCH3 is 1. The summed E-state index contributed by atoms with van der Waals surface area (Å²) in [5, 5.41) is 20.7. The molecule has 0 radical (unpaired) electrons. The topological polar surface area (TPSA) is 93.4 Å². The molecule has 0 atom stereocenters. The van der Waals surface area contributed by atoms with E-state index in [-0.39, 0.29) is 78.0 Å². The summed E-state index contributed by atoms with van der Waals surface area (Å²) in [5.41, 5.74) is -3.30. The second-order valence-electron chi connectivity index (χ2n) is 11.4. The van der Waals surface area contributed by atoms with Crippen molar-refractivity contribution in [1.29, 1.82) is 0 Å². The average Bonchev–Trinajstić information content (AvgIpc) is 3.47. The zero-order chi connectivity index (χ0) is 36.3. The van der Waals surface area contributed by atoms with Crippen LogP contribution in [0.2, 0.25) is 0 Å². The molecule has 0 spiro atoms. The number of aryl methyl sites for hydroxylation is 1. The van der Waals surface area contributed by atoms with Crippen molar-refractivity contribution >= 4 is 41.5 Å². The predicted molar refractivity (Wildman–Crippen MR) is 166 cm³/mol. The first-order valence-electron chi connectivity index (χ1n) is 14.7. The zero-order valence-electron chi connectivity index (χ0n) is 26.2. The first-order valence-corrected chi connectivity index (χ1v) is 14.7. The van der Waals surface area contributed by atoms with E-state index in [1.165, 1.54) is 13.2 Å². The van der Waals surface area contributed by atoms with Gasteiger partial charge in [-0.2, -0.15) is 44.3 Å². The Balaban J connectivity index is 0.00000676. The van der Waals surface area contributed by atoms with Crippen molar-refractivity contribution in [1.82, 2.24) is 20.2 Å². The molecular weight excluding hydrogens is 696 g/mol. The number of halogens is 9. The number of carboxylic acids is 1. The molecule has 0 aliphatic heterocycles. The summed E-state index contributed by atoms with van der Waals surface area (Å²) in [5.74, 6) is -1.15. The molecule has 0 saturated heterocycles. The van der Waals surface area contributed by atoms with Gasteiger partial charge in [0.25, 0.3) is 5.95 Å². The number of aromatic nitrogens is 4. The van der Waals surface area contributed by atoms with Crippen molar-refractivity contribution in [2.45, 2.75) is 70.8 Å². The van der Waals surface area contributed by atoms with Crippen LogP contribution in [0.1, 0.15) is 66.0 Å². The fourth-order valence-corrected chi connectivity index (χ4v) is 5.02. The predicted octanol–water partition coefficient (Wildman–Crippen LogP) is 7.95. The van der Waals surface area contributed by atoms with Crippen LogP contribution < -0.4 is 9.64 Å². The van der Waals surface area contributed by atoms with E-state index < -0.39 is 59.8 Å². The summed E-state index contributed by atoms with van der Waals surface area (Å²) >= 11 is 0. The summed E-state index contributed by atoms with van der Waals surface area (Å²) in [6, 6.07) is 8.99. The van der Waals surface area contributed by atoms with E-state index in [4.69, 9.17) is 9.84 Å². The van der Waals surface area contributed by atoms with Crippen LogP contribution in [-0.4, -0.2) is 68.0 Å². The van der Waals surface area contributed by atoms with Crippen molar-refractivity contribution in [2.24, 2.45) is 0 Å². The second kappa shape index (κ2) is 16.0. The summed E-state index contributed by atoms with van der Waals surface area (Å²) in [7, 11) is 1.36. The maximum atomic E-state index is 14.0. The fourth-order valence-electron chi connectivity index (χ4n) is 5.02. The van der Waals surface area contributed by atoms with Gasteiger partial charge in [-0.1, -0.05) is 31.1 Å². The quantitative estimate of drug-likeness (QED) is 0.117. The van der Waals surface area contributed by atoms with Crippen molar-refractivity contribution < 1.29 is 54.2 Å². The summed E-state index contributed by atoms with van der Waals surface area (Å²) in [6.07, 6.45) is -15.3. The molecule has 0 saturated carbocycles. The van der Waals surface area contributed by atoms with Crippen LogP contribution in [-0.2, 0) is 43.0 Å². The number of hydrogen-bond acceptors (Lipinski definition) is 6. The van der Waals surface area contributed by atoms with Gasteiger partial charge in [0.15, 0.2) is 0 Å². The SMILES string of the molecule is COc1ccc(C(C)C)cc1-c1ccc(C(F)(F)F)cc1CN(Cc1cc(C(F)(F)F)cc(C(F)(F)F)c1)c1nnn(CCCC(=O)O)n1.[NaH]. The fraction of sp³-hybridized carbons (Fsp3) is 0.375. The number of aliphatic carboxylic acids is 1. The van der Waals surface area contributed by atoms with Gasteiger partial charge < -0.3 is 14.7 Å². The van der Waals surface area contributed by atoms with E-state index in [9.17, 15) is 44.3 Å². The van der Waals surface area contributed by atoms with Gasteiger partial charge >= 0.3 is 54.1 Å². The number of ether oxygens (including phenoxy) is 1. The van der Waals surface area contributed by atoms with Gasteiger partial charge in [0.2, 0.25) is 0 Å². The van der Waals surface area contributed by atoms with Crippen LogP contribution in [0.15, 0.2) is 54.6 Å². The molecule has 0 fully saturated rings. The zero-order valence-corrected chi connectivity index (χ0v) is 26.2. The second-order valence-corrected chi connectivity index (χ2v) is 11.4. The molecule has 0 amide bonds. The molecule has 1 heterocycles. The molecule has 8 nitrogen and oxygen atoms in total. The molecule has 4 aromatic rings. The van der Waals surface area contributed by atoms with Crippen LogP contribution in [0.5, 0.6) is 5.75 Å². The van der Waals surface area contributed by atoms with Gasteiger partial charge in [-0.25, -0.2) is 0 Å². The monoisotopic (exact) mass is 727 g/mol. The van der Waals surface area contributed by atoms with E-state index in [1.54, 1.807) is 18.2 Å². The number of carbonyl (C=O) groups is 1. The third-order valence-electron chi connectivity index (χ3n) is 7.47. The number of tetrazole rings is 1. The van der Waals surface area contributed by atoms with Gasteiger partial charge in [0.1, 0.15) is 5.75 Å². The number of alkyl halides is 9. The normalized spacial score (nSPS) is 12.2. The number of rotatable bonds is 12. The standard InChI is InChI=1S/C32H30F9N5O3.Na.H/c1-18(2)20-6-9-27(49-3)26(14-20)25-8-7-22(30(33,34)35)13-21(25)17-45(29-42-44-46(43-29)10-4-5-28(47)48)16-19-11-23(31(36,37)38)15-24(12-19)32(39,40)41;;/h6-9,11-15,18H,4-5,10,16-17H2,1-3H3,(H,47,48);;. The van der Waals surface area contributed by atoms with Gasteiger partial charge in [0, 0.05) is 25.1 Å². The molecular formula is C32H31F9N5NaO3. The summed E-state index contributed by atoms with van der Waals surface area (Å²) in [6.45, 7) is 2.48. The number of benzene rings is 3. The molecule has 3 aromatic carbocycles. The third-order valence-corrected chi connectivity index (χ3v) is 7.47. The molecule has 0 aliphatic carbocycles. The number of hydrogen-bond donors (Lipinski definition) is 1. The molecule has 1 aromatic heterocycles. The van der Waals surface area contributed by atoms with E-state index in [2.05, 4.69) is 15.4 Å². The Hall–Kier alpha value is -3.83. The molecule has 18 heteroatoms. The Labute approximate surface area is 302 Å². The first-order chi connectivity index (χ1) is 22.8. The van der Waals surface area contributed by atoms with Crippen LogP contribution in [0.3, 0.4) is 0 Å². The van der Waals surface area contributed by atoms with Crippen molar-refractivity contribution in [3.8, 4) is 16.9 Å².